The molecular weight excluding hydrogens is 320 g/mol. The lowest BCUT2D eigenvalue weighted by Gasteiger charge is -2.14. The Kier molecular flexibility index (Phi) is 5.89. The molecule has 2 aromatic rings. The molecule has 0 aliphatic rings. The average Bonchev–Trinajstić information content (AvgIpc) is 2.57. The van der Waals surface area contributed by atoms with Gasteiger partial charge in [0.2, 0.25) is 5.91 Å². The fourth-order valence-electron chi connectivity index (χ4n) is 2.06. The number of carbonyl (C=O) groups is 3. The van der Waals surface area contributed by atoms with Crippen LogP contribution in [0, 0.1) is 6.92 Å². The third kappa shape index (κ3) is 5.46. The molecular formula is C19H20N2O4. The van der Waals surface area contributed by atoms with Gasteiger partial charge in [0.25, 0.3) is 5.91 Å². The van der Waals surface area contributed by atoms with Crippen molar-refractivity contribution >= 4 is 29.2 Å². The van der Waals surface area contributed by atoms with Crippen LogP contribution < -0.4 is 10.6 Å². The van der Waals surface area contributed by atoms with Gasteiger partial charge < -0.3 is 15.4 Å². The number of hydrogen-bond acceptors (Lipinski definition) is 4. The van der Waals surface area contributed by atoms with Crippen LogP contribution in [0.15, 0.2) is 48.5 Å². The molecule has 2 N–H and O–H groups in total. The summed E-state index contributed by atoms with van der Waals surface area (Å²) in [7, 11) is 0. The lowest BCUT2D eigenvalue weighted by molar-refractivity contribution is -0.123. The van der Waals surface area contributed by atoms with Crippen LogP contribution in [0.4, 0.5) is 11.4 Å². The van der Waals surface area contributed by atoms with Crippen molar-refractivity contribution in [3.05, 3.63) is 59.7 Å². The lowest BCUT2D eigenvalue weighted by atomic mass is 10.2. The molecule has 130 valence electrons. The second-order valence-corrected chi connectivity index (χ2v) is 5.66. The normalized spacial score (nSPS) is 11.3. The quantitative estimate of drug-likeness (QED) is 0.819. The Bertz CT molecular complexity index is 767. The Morgan fingerprint density at radius 1 is 0.880 bits per heavy atom. The molecule has 0 bridgehead atoms. The first-order valence-corrected chi connectivity index (χ1v) is 7.81. The van der Waals surface area contributed by atoms with Crippen molar-refractivity contribution in [2.75, 3.05) is 10.6 Å². The van der Waals surface area contributed by atoms with Crippen LogP contribution in [-0.2, 0) is 14.3 Å². The van der Waals surface area contributed by atoms with Crippen molar-refractivity contribution in [3.63, 3.8) is 0 Å². The van der Waals surface area contributed by atoms with Crippen LogP contribution in [-0.4, -0.2) is 23.9 Å². The van der Waals surface area contributed by atoms with E-state index in [0.717, 1.165) is 5.56 Å². The number of amides is 2. The van der Waals surface area contributed by atoms with E-state index in [1.807, 2.05) is 19.1 Å². The molecule has 0 aliphatic carbocycles. The summed E-state index contributed by atoms with van der Waals surface area (Å²) in [6.07, 6.45) is -0.941. The van der Waals surface area contributed by atoms with Crippen molar-refractivity contribution < 1.29 is 19.1 Å². The second-order valence-electron chi connectivity index (χ2n) is 5.66. The summed E-state index contributed by atoms with van der Waals surface area (Å²) in [5.41, 5.74) is 2.59. The Morgan fingerprint density at radius 2 is 1.40 bits per heavy atom. The molecule has 0 saturated carbocycles. The second kappa shape index (κ2) is 8.10. The molecule has 0 fully saturated rings. The number of ether oxygens (including phenoxy) is 1. The van der Waals surface area contributed by atoms with Gasteiger partial charge in [-0.3, -0.25) is 9.59 Å². The summed E-state index contributed by atoms with van der Waals surface area (Å²) < 4.78 is 5.18. The molecule has 0 radical (unpaired) electrons. The summed E-state index contributed by atoms with van der Waals surface area (Å²) in [5.74, 6) is -1.22. The third-order valence-corrected chi connectivity index (χ3v) is 3.41. The average molecular weight is 340 g/mol. The molecule has 6 nitrogen and oxygen atoms in total. The molecule has 0 heterocycles. The van der Waals surface area contributed by atoms with Gasteiger partial charge in [-0.25, -0.2) is 4.79 Å². The number of aryl methyl sites for hydroxylation is 1. The highest BCUT2D eigenvalue weighted by Gasteiger charge is 2.19. The molecule has 0 aromatic heterocycles. The highest BCUT2D eigenvalue weighted by Crippen LogP contribution is 2.13. The van der Waals surface area contributed by atoms with Crippen LogP contribution in [0.2, 0.25) is 0 Å². The zero-order chi connectivity index (χ0) is 18.4. The van der Waals surface area contributed by atoms with E-state index in [0.29, 0.717) is 16.9 Å². The van der Waals surface area contributed by atoms with E-state index in [1.54, 1.807) is 24.3 Å². The van der Waals surface area contributed by atoms with Crippen molar-refractivity contribution in [3.8, 4) is 0 Å². The van der Waals surface area contributed by atoms with E-state index in [1.165, 1.54) is 26.0 Å². The van der Waals surface area contributed by atoms with E-state index < -0.39 is 18.0 Å². The number of nitrogens with one attached hydrogen (secondary N) is 2. The Balaban J connectivity index is 1.93. The predicted octanol–water partition coefficient (Wildman–Crippen LogP) is 3.14. The molecule has 25 heavy (non-hydrogen) atoms. The van der Waals surface area contributed by atoms with Crippen molar-refractivity contribution in [2.45, 2.75) is 26.9 Å². The van der Waals surface area contributed by atoms with Gasteiger partial charge in [0.15, 0.2) is 6.10 Å². The number of benzene rings is 2. The van der Waals surface area contributed by atoms with Gasteiger partial charge in [-0.05, 0) is 50.2 Å². The van der Waals surface area contributed by atoms with Gasteiger partial charge in [-0.2, -0.15) is 0 Å². The number of carbonyl (C=O) groups excluding carboxylic acids is 3. The topological polar surface area (TPSA) is 84.5 Å². The van der Waals surface area contributed by atoms with Crippen LogP contribution in [0.1, 0.15) is 29.8 Å². The number of esters is 1. The molecule has 6 heteroatoms. The first kappa shape index (κ1) is 18.2. The SMILES string of the molecule is CC(=O)Nc1ccc(C(=O)O[C@H](C)C(=O)Nc2ccc(C)cc2)cc1. The Morgan fingerprint density at radius 3 is 1.96 bits per heavy atom. The molecule has 0 spiro atoms. The predicted molar refractivity (Wildman–Crippen MR) is 95.4 cm³/mol. The molecule has 2 amide bonds. The molecule has 0 unspecified atom stereocenters. The first-order chi connectivity index (χ1) is 11.8. The van der Waals surface area contributed by atoms with Gasteiger partial charge >= 0.3 is 5.97 Å². The van der Waals surface area contributed by atoms with E-state index in [9.17, 15) is 14.4 Å². The zero-order valence-electron chi connectivity index (χ0n) is 14.3. The maximum atomic E-state index is 12.1. The number of hydrogen-bond donors (Lipinski definition) is 2. The summed E-state index contributed by atoms with van der Waals surface area (Å²) in [6, 6.07) is 13.6. The van der Waals surface area contributed by atoms with Crippen LogP contribution in [0.25, 0.3) is 0 Å². The van der Waals surface area contributed by atoms with Crippen LogP contribution >= 0.6 is 0 Å². The fraction of sp³-hybridized carbons (Fsp3) is 0.211. The highest BCUT2D eigenvalue weighted by molar-refractivity contribution is 5.97. The standard InChI is InChI=1S/C19H20N2O4/c1-12-4-8-17(9-5-12)21-18(23)13(2)25-19(24)15-6-10-16(11-7-15)20-14(3)22/h4-11,13H,1-3H3,(H,20,22)(H,21,23)/t13-/m1/s1. The summed E-state index contributed by atoms with van der Waals surface area (Å²) in [6.45, 7) is 4.86. The molecule has 2 aromatic carbocycles. The van der Waals surface area contributed by atoms with E-state index in [2.05, 4.69) is 10.6 Å². The third-order valence-electron chi connectivity index (χ3n) is 3.41. The van der Waals surface area contributed by atoms with Gasteiger partial charge in [0.1, 0.15) is 0 Å². The maximum absolute atomic E-state index is 12.1. The van der Waals surface area contributed by atoms with Crippen LogP contribution in [0.3, 0.4) is 0 Å². The number of rotatable bonds is 5. The van der Waals surface area contributed by atoms with Crippen molar-refractivity contribution in [1.82, 2.24) is 0 Å². The minimum absolute atomic E-state index is 0.197. The van der Waals surface area contributed by atoms with E-state index in [-0.39, 0.29) is 5.91 Å². The largest absolute Gasteiger partial charge is 0.449 e. The molecule has 0 aliphatic heterocycles. The summed E-state index contributed by atoms with van der Waals surface area (Å²) in [4.78, 5) is 35.2. The van der Waals surface area contributed by atoms with E-state index in [4.69, 9.17) is 4.74 Å². The summed E-state index contributed by atoms with van der Waals surface area (Å²) >= 11 is 0. The smallest absolute Gasteiger partial charge is 0.338 e. The minimum atomic E-state index is -0.941. The first-order valence-electron chi connectivity index (χ1n) is 7.81. The summed E-state index contributed by atoms with van der Waals surface area (Å²) in [5, 5.41) is 5.30. The van der Waals surface area contributed by atoms with Crippen molar-refractivity contribution in [2.24, 2.45) is 0 Å². The Hall–Kier alpha value is -3.15. The highest BCUT2D eigenvalue weighted by atomic mass is 16.5. The molecule has 2 rings (SSSR count). The van der Waals surface area contributed by atoms with E-state index >= 15 is 0 Å². The number of anilines is 2. The zero-order valence-corrected chi connectivity index (χ0v) is 14.3. The Labute approximate surface area is 146 Å². The van der Waals surface area contributed by atoms with Crippen LogP contribution in [0.5, 0.6) is 0 Å². The van der Waals surface area contributed by atoms with Gasteiger partial charge in [-0.15, -0.1) is 0 Å². The lowest BCUT2D eigenvalue weighted by Crippen LogP contribution is -2.30. The van der Waals surface area contributed by atoms with Gasteiger partial charge in [-0.1, -0.05) is 17.7 Å². The van der Waals surface area contributed by atoms with Gasteiger partial charge in [0.05, 0.1) is 5.56 Å². The maximum Gasteiger partial charge on any atom is 0.338 e. The van der Waals surface area contributed by atoms with Gasteiger partial charge in [0, 0.05) is 18.3 Å². The molecule has 0 saturated heterocycles. The minimum Gasteiger partial charge on any atom is -0.449 e. The monoisotopic (exact) mass is 340 g/mol. The fourth-order valence-corrected chi connectivity index (χ4v) is 2.06. The van der Waals surface area contributed by atoms with Crippen molar-refractivity contribution in [1.29, 1.82) is 0 Å². The molecule has 1 atom stereocenters.